The molecule has 0 aliphatic carbocycles. The highest BCUT2D eigenvalue weighted by Gasteiger charge is 2.22. The van der Waals surface area contributed by atoms with Crippen molar-refractivity contribution in [1.82, 2.24) is 19.9 Å². The Morgan fingerprint density at radius 1 is 1.26 bits per heavy atom. The number of H-pyrrole nitrogens is 1. The van der Waals surface area contributed by atoms with Crippen LogP contribution in [0.3, 0.4) is 0 Å². The SMILES string of the molecule is CCCCCOC(=O)C(COC)NCc1ccc2c(c1)nc(-c1c[nH]c(=O)c(C)c1)n2CC1CCOCC1. The molecule has 1 aromatic carbocycles. The monoisotopic (exact) mass is 524 g/mol. The van der Waals surface area contributed by atoms with Gasteiger partial charge in [-0.2, -0.15) is 0 Å². The standard InChI is InChI=1S/C29H40N4O5/c1-4-5-6-11-38-29(35)25(19-36-3)30-16-22-7-8-26-24(15-22)32-27(23-14-20(2)28(34)31-17-23)33(26)18-21-9-12-37-13-10-21/h7-8,14-15,17,21,25,30H,4-6,9-13,16,18-19H2,1-3H3,(H,31,34). The van der Waals surface area contributed by atoms with Gasteiger partial charge in [-0.05, 0) is 55.9 Å². The third-order valence-corrected chi connectivity index (χ3v) is 7.10. The van der Waals surface area contributed by atoms with Crippen LogP contribution in [-0.4, -0.2) is 60.1 Å². The molecular formula is C29H40N4O5. The van der Waals surface area contributed by atoms with E-state index in [1.807, 2.05) is 13.0 Å². The summed E-state index contributed by atoms with van der Waals surface area (Å²) < 4.78 is 18.5. The van der Waals surface area contributed by atoms with Gasteiger partial charge in [0.25, 0.3) is 5.56 Å². The van der Waals surface area contributed by atoms with Crippen LogP contribution in [0.2, 0.25) is 0 Å². The molecule has 0 bridgehead atoms. The first-order valence-corrected chi connectivity index (χ1v) is 13.7. The Balaban J connectivity index is 1.56. The number of benzene rings is 1. The number of hydrogen-bond donors (Lipinski definition) is 2. The number of esters is 1. The van der Waals surface area contributed by atoms with Gasteiger partial charge in [-0.1, -0.05) is 25.8 Å². The fraction of sp³-hybridized carbons (Fsp3) is 0.552. The van der Waals surface area contributed by atoms with E-state index in [4.69, 9.17) is 19.2 Å². The van der Waals surface area contributed by atoms with Crippen LogP contribution >= 0.6 is 0 Å². The molecule has 2 N–H and O–H groups in total. The van der Waals surface area contributed by atoms with Gasteiger partial charge in [0.05, 0.1) is 24.2 Å². The van der Waals surface area contributed by atoms with Crippen molar-refractivity contribution in [2.24, 2.45) is 5.92 Å². The van der Waals surface area contributed by atoms with E-state index in [2.05, 4.69) is 40.0 Å². The number of imidazole rings is 1. The number of methoxy groups -OCH3 is 1. The average Bonchev–Trinajstić information content (AvgIpc) is 3.28. The highest BCUT2D eigenvalue weighted by atomic mass is 16.5. The summed E-state index contributed by atoms with van der Waals surface area (Å²) in [6.45, 7) is 7.48. The van der Waals surface area contributed by atoms with Crippen molar-refractivity contribution in [2.75, 3.05) is 33.5 Å². The zero-order valence-electron chi connectivity index (χ0n) is 22.8. The maximum atomic E-state index is 12.6. The minimum atomic E-state index is -0.539. The lowest BCUT2D eigenvalue weighted by Crippen LogP contribution is -2.41. The van der Waals surface area contributed by atoms with Gasteiger partial charge < -0.3 is 23.8 Å². The molecule has 9 nitrogen and oxygen atoms in total. The molecular weight excluding hydrogens is 484 g/mol. The van der Waals surface area contributed by atoms with Crippen LogP contribution in [0.15, 0.2) is 35.3 Å². The number of aromatic nitrogens is 3. The number of pyridine rings is 1. The van der Waals surface area contributed by atoms with Crippen LogP contribution in [0.25, 0.3) is 22.4 Å². The van der Waals surface area contributed by atoms with Crippen molar-refractivity contribution in [3.8, 4) is 11.4 Å². The van der Waals surface area contributed by atoms with Crippen LogP contribution in [-0.2, 0) is 32.1 Å². The summed E-state index contributed by atoms with van der Waals surface area (Å²) >= 11 is 0. The fourth-order valence-electron chi connectivity index (χ4n) is 4.85. The molecule has 1 atom stereocenters. The smallest absolute Gasteiger partial charge is 0.325 e. The van der Waals surface area contributed by atoms with Crippen molar-refractivity contribution < 1.29 is 19.0 Å². The maximum absolute atomic E-state index is 12.6. The number of unbranched alkanes of at least 4 members (excludes halogenated alkanes) is 2. The van der Waals surface area contributed by atoms with Crippen LogP contribution in [0.1, 0.15) is 50.2 Å². The van der Waals surface area contributed by atoms with Crippen molar-refractivity contribution in [3.63, 3.8) is 0 Å². The summed E-state index contributed by atoms with van der Waals surface area (Å²) in [6, 6.07) is 7.57. The zero-order chi connectivity index (χ0) is 26.9. The second-order valence-corrected chi connectivity index (χ2v) is 10.1. The molecule has 0 spiro atoms. The molecule has 3 aromatic rings. The molecule has 1 saturated heterocycles. The summed E-state index contributed by atoms with van der Waals surface area (Å²) in [7, 11) is 1.58. The molecule has 38 heavy (non-hydrogen) atoms. The predicted octanol–water partition coefficient (Wildman–Crippen LogP) is 3.96. The number of aryl methyl sites for hydroxylation is 1. The summed E-state index contributed by atoms with van der Waals surface area (Å²) in [5.74, 6) is 1.05. The number of nitrogens with one attached hydrogen (secondary N) is 2. The number of aromatic amines is 1. The van der Waals surface area contributed by atoms with Gasteiger partial charge >= 0.3 is 5.97 Å². The average molecular weight is 525 g/mol. The third kappa shape index (κ3) is 7.09. The minimum Gasteiger partial charge on any atom is -0.464 e. The number of rotatable bonds is 13. The molecule has 9 heteroatoms. The van der Waals surface area contributed by atoms with Gasteiger partial charge in [-0.25, -0.2) is 4.98 Å². The molecule has 1 fully saturated rings. The van der Waals surface area contributed by atoms with Crippen molar-refractivity contribution >= 4 is 17.0 Å². The van der Waals surface area contributed by atoms with E-state index in [0.29, 0.717) is 24.6 Å². The molecule has 3 heterocycles. The first-order valence-electron chi connectivity index (χ1n) is 13.7. The van der Waals surface area contributed by atoms with E-state index in [9.17, 15) is 9.59 Å². The normalized spacial score (nSPS) is 15.1. The molecule has 0 radical (unpaired) electrons. The summed E-state index contributed by atoms with van der Waals surface area (Å²) in [5.41, 5.74) is 4.38. The zero-order valence-corrected chi connectivity index (χ0v) is 22.8. The third-order valence-electron chi connectivity index (χ3n) is 7.10. The Morgan fingerprint density at radius 2 is 2.08 bits per heavy atom. The molecule has 2 aromatic heterocycles. The number of fused-ring (bicyclic) bond motifs is 1. The van der Waals surface area contributed by atoms with Gasteiger partial charge in [0.15, 0.2) is 0 Å². The highest BCUT2D eigenvalue weighted by Crippen LogP contribution is 2.28. The van der Waals surface area contributed by atoms with Crippen molar-refractivity contribution in [1.29, 1.82) is 0 Å². The van der Waals surface area contributed by atoms with Crippen LogP contribution < -0.4 is 10.9 Å². The van der Waals surface area contributed by atoms with Gasteiger partial charge in [0, 0.05) is 50.7 Å². The van der Waals surface area contributed by atoms with Crippen molar-refractivity contribution in [2.45, 2.75) is 65.1 Å². The first-order chi connectivity index (χ1) is 18.5. The summed E-state index contributed by atoms with van der Waals surface area (Å²) in [6.07, 6.45) is 6.75. The number of nitrogens with zero attached hydrogens (tertiary/aromatic N) is 2. The number of carbonyl (C=O) groups is 1. The van der Waals surface area contributed by atoms with Crippen LogP contribution in [0.5, 0.6) is 0 Å². The number of ether oxygens (including phenoxy) is 3. The van der Waals surface area contributed by atoms with E-state index >= 15 is 0 Å². The quantitative estimate of drug-likeness (QED) is 0.257. The number of hydrogen-bond acceptors (Lipinski definition) is 7. The van der Waals surface area contributed by atoms with Crippen molar-refractivity contribution in [3.05, 3.63) is 51.9 Å². The van der Waals surface area contributed by atoms with Gasteiger partial charge in [-0.15, -0.1) is 0 Å². The lowest BCUT2D eigenvalue weighted by atomic mass is 10.00. The Morgan fingerprint density at radius 3 is 2.82 bits per heavy atom. The highest BCUT2D eigenvalue weighted by molar-refractivity contribution is 5.81. The van der Waals surface area contributed by atoms with Crippen LogP contribution in [0, 0.1) is 12.8 Å². The minimum absolute atomic E-state index is 0.0938. The van der Waals surface area contributed by atoms with Gasteiger partial charge in [-0.3, -0.25) is 14.9 Å². The van der Waals surface area contributed by atoms with Gasteiger partial charge in [0.1, 0.15) is 11.9 Å². The number of carbonyl (C=O) groups excluding carboxylic acids is 1. The fourth-order valence-corrected chi connectivity index (χ4v) is 4.85. The van der Waals surface area contributed by atoms with E-state index in [1.165, 1.54) is 0 Å². The Labute approximate surface area is 223 Å². The summed E-state index contributed by atoms with van der Waals surface area (Å²) in [4.78, 5) is 32.4. The van der Waals surface area contributed by atoms with Crippen LogP contribution in [0.4, 0.5) is 0 Å². The molecule has 206 valence electrons. The lowest BCUT2D eigenvalue weighted by molar-refractivity contribution is -0.147. The Kier molecular flexibility index (Phi) is 10.1. The first kappa shape index (κ1) is 28.0. The van der Waals surface area contributed by atoms with Gasteiger partial charge in [0.2, 0.25) is 0 Å². The maximum Gasteiger partial charge on any atom is 0.325 e. The second-order valence-electron chi connectivity index (χ2n) is 10.1. The van der Waals surface area contributed by atoms with E-state index in [1.54, 1.807) is 13.3 Å². The van der Waals surface area contributed by atoms with E-state index in [-0.39, 0.29) is 18.1 Å². The van der Waals surface area contributed by atoms with E-state index < -0.39 is 6.04 Å². The molecule has 0 saturated carbocycles. The molecule has 1 aliphatic rings. The second kappa shape index (κ2) is 13.7. The molecule has 0 amide bonds. The molecule has 1 aliphatic heterocycles. The Bertz CT molecular complexity index is 1260. The summed E-state index contributed by atoms with van der Waals surface area (Å²) in [5, 5.41) is 3.29. The largest absolute Gasteiger partial charge is 0.464 e. The lowest BCUT2D eigenvalue weighted by Gasteiger charge is -2.23. The molecule has 4 rings (SSSR count). The Hall–Kier alpha value is -3.01. The van der Waals surface area contributed by atoms with E-state index in [0.717, 1.165) is 79.8 Å². The molecule has 1 unspecified atom stereocenters. The topological polar surface area (TPSA) is 107 Å². The predicted molar refractivity (Wildman–Crippen MR) is 147 cm³/mol.